The van der Waals surface area contributed by atoms with Gasteiger partial charge in [0.05, 0.1) is 17.8 Å². The predicted molar refractivity (Wildman–Crippen MR) is 81.5 cm³/mol. The van der Waals surface area contributed by atoms with Gasteiger partial charge in [0.25, 0.3) is 0 Å². The highest BCUT2D eigenvalue weighted by atomic mass is 16.5. The maximum absolute atomic E-state index is 10.7. The average molecular weight is 282 g/mol. The second-order valence-electron chi connectivity index (χ2n) is 5.24. The first kappa shape index (κ1) is 13.6. The Kier molecular flexibility index (Phi) is 3.62. The molecule has 1 atom stereocenters. The van der Waals surface area contributed by atoms with Crippen molar-refractivity contribution in [3.05, 3.63) is 66.0 Å². The van der Waals surface area contributed by atoms with E-state index in [1.165, 1.54) is 0 Å². The quantitative estimate of drug-likeness (QED) is 0.799. The van der Waals surface area contributed by atoms with Gasteiger partial charge in [0.1, 0.15) is 11.9 Å². The molecular weight excluding hydrogens is 264 g/mol. The van der Waals surface area contributed by atoms with Crippen LogP contribution < -0.4 is 4.74 Å². The van der Waals surface area contributed by atoms with E-state index in [1.807, 2.05) is 62.5 Å². The Hall–Kier alpha value is -2.33. The molecule has 4 nitrogen and oxygen atoms in total. The van der Waals surface area contributed by atoms with E-state index >= 15 is 0 Å². The highest BCUT2D eigenvalue weighted by Crippen LogP contribution is 2.32. The average Bonchev–Trinajstić information content (AvgIpc) is 2.90. The van der Waals surface area contributed by atoms with Gasteiger partial charge in [-0.05, 0) is 32.0 Å². The van der Waals surface area contributed by atoms with Crippen molar-refractivity contribution in [2.24, 2.45) is 0 Å². The Labute approximate surface area is 123 Å². The molecule has 2 heterocycles. The van der Waals surface area contributed by atoms with Gasteiger partial charge in [-0.3, -0.25) is 0 Å². The number of pyridine rings is 1. The number of ether oxygens (including phenoxy) is 1. The van der Waals surface area contributed by atoms with Crippen LogP contribution >= 0.6 is 0 Å². The number of aromatic nitrogens is 2. The summed E-state index contributed by atoms with van der Waals surface area (Å²) < 4.78 is 7.54. The fraction of sp³-hybridized carbons (Fsp3) is 0.235. The number of aliphatic hydroxyl groups is 1. The summed E-state index contributed by atoms with van der Waals surface area (Å²) in [5, 5.41) is 15.0. The third-order valence-corrected chi connectivity index (χ3v) is 3.33. The first-order valence-corrected chi connectivity index (χ1v) is 7.02. The van der Waals surface area contributed by atoms with E-state index in [-0.39, 0.29) is 6.10 Å². The Balaban J connectivity index is 2.04. The summed E-state index contributed by atoms with van der Waals surface area (Å²) in [7, 11) is 0. The maximum Gasteiger partial charge on any atom is 0.125 e. The molecule has 0 saturated carbocycles. The minimum Gasteiger partial charge on any atom is -0.491 e. The van der Waals surface area contributed by atoms with E-state index in [4.69, 9.17) is 4.74 Å². The van der Waals surface area contributed by atoms with Crippen LogP contribution in [0.2, 0.25) is 0 Å². The summed E-state index contributed by atoms with van der Waals surface area (Å²) in [5.74, 6) is 0.704. The van der Waals surface area contributed by atoms with Gasteiger partial charge >= 0.3 is 0 Å². The van der Waals surface area contributed by atoms with Crippen LogP contribution in [0.25, 0.3) is 5.52 Å². The Morgan fingerprint density at radius 1 is 1.05 bits per heavy atom. The second-order valence-corrected chi connectivity index (χ2v) is 5.24. The molecule has 0 aliphatic rings. The highest BCUT2D eigenvalue weighted by Gasteiger charge is 2.19. The molecule has 3 rings (SSSR count). The topological polar surface area (TPSA) is 46.8 Å². The van der Waals surface area contributed by atoms with Crippen molar-refractivity contribution in [1.82, 2.24) is 9.61 Å². The maximum atomic E-state index is 10.7. The number of para-hydroxylation sites is 1. The van der Waals surface area contributed by atoms with Crippen LogP contribution in [0.5, 0.6) is 5.75 Å². The fourth-order valence-corrected chi connectivity index (χ4v) is 2.40. The van der Waals surface area contributed by atoms with E-state index in [0.29, 0.717) is 5.75 Å². The molecule has 21 heavy (non-hydrogen) atoms. The Morgan fingerprint density at radius 3 is 2.62 bits per heavy atom. The molecule has 2 aromatic heterocycles. The number of fused-ring (bicyclic) bond motifs is 1. The molecular formula is C17H18N2O2. The van der Waals surface area contributed by atoms with Crippen LogP contribution in [-0.2, 0) is 0 Å². The number of hydrogen-bond donors (Lipinski definition) is 1. The van der Waals surface area contributed by atoms with Crippen molar-refractivity contribution >= 4 is 5.52 Å². The molecule has 0 amide bonds. The molecule has 0 radical (unpaired) electrons. The standard InChI is InChI=1S/C17H18N2O2/c1-12(2)21-16-9-4-3-7-13(16)17(20)14-11-18-19-10-6-5-8-15(14)19/h3-12,17,20H,1-2H3. The second kappa shape index (κ2) is 5.58. The van der Waals surface area contributed by atoms with Crippen LogP contribution in [-0.4, -0.2) is 20.8 Å². The molecule has 3 aromatic rings. The van der Waals surface area contributed by atoms with Crippen LogP contribution in [0.3, 0.4) is 0 Å². The normalized spacial score (nSPS) is 12.8. The van der Waals surface area contributed by atoms with Gasteiger partial charge in [-0.2, -0.15) is 5.10 Å². The van der Waals surface area contributed by atoms with Gasteiger partial charge in [0.2, 0.25) is 0 Å². The number of rotatable bonds is 4. The predicted octanol–water partition coefficient (Wildman–Crippen LogP) is 3.20. The SMILES string of the molecule is CC(C)Oc1ccccc1C(O)c1cnn2ccccc12. The Bertz CT molecular complexity index is 749. The minimum atomic E-state index is -0.764. The zero-order chi connectivity index (χ0) is 14.8. The van der Waals surface area contributed by atoms with Gasteiger partial charge in [0, 0.05) is 17.3 Å². The van der Waals surface area contributed by atoms with E-state index in [1.54, 1.807) is 10.7 Å². The zero-order valence-electron chi connectivity index (χ0n) is 12.1. The summed E-state index contributed by atoms with van der Waals surface area (Å²) in [5.41, 5.74) is 2.42. The van der Waals surface area contributed by atoms with Crippen LogP contribution in [0, 0.1) is 0 Å². The van der Waals surface area contributed by atoms with Gasteiger partial charge in [-0.25, -0.2) is 4.52 Å². The highest BCUT2D eigenvalue weighted by molar-refractivity contribution is 5.57. The Morgan fingerprint density at radius 2 is 1.81 bits per heavy atom. The van der Waals surface area contributed by atoms with Crippen LogP contribution in [0.1, 0.15) is 31.1 Å². The molecule has 0 aliphatic carbocycles. The van der Waals surface area contributed by atoms with E-state index < -0.39 is 6.10 Å². The third kappa shape index (κ3) is 2.62. The first-order valence-electron chi connectivity index (χ1n) is 7.02. The first-order chi connectivity index (χ1) is 10.2. The molecule has 0 fully saturated rings. The largest absolute Gasteiger partial charge is 0.491 e. The number of benzene rings is 1. The fourth-order valence-electron chi connectivity index (χ4n) is 2.40. The lowest BCUT2D eigenvalue weighted by Gasteiger charge is -2.17. The van der Waals surface area contributed by atoms with Crippen LogP contribution in [0.15, 0.2) is 54.9 Å². The smallest absolute Gasteiger partial charge is 0.125 e. The van der Waals surface area contributed by atoms with Crippen molar-refractivity contribution in [1.29, 1.82) is 0 Å². The molecule has 0 saturated heterocycles. The van der Waals surface area contributed by atoms with Crippen molar-refractivity contribution in [2.45, 2.75) is 26.1 Å². The van der Waals surface area contributed by atoms with Crippen molar-refractivity contribution in [3.8, 4) is 5.75 Å². The summed E-state index contributed by atoms with van der Waals surface area (Å²) in [4.78, 5) is 0. The monoisotopic (exact) mass is 282 g/mol. The van der Waals surface area contributed by atoms with E-state index in [9.17, 15) is 5.11 Å². The van der Waals surface area contributed by atoms with E-state index in [0.717, 1.165) is 16.6 Å². The van der Waals surface area contributed by atoms with Crippen molar-refractivity contribution in [3.63, 3.8) is 0 Å². The van der Waals surface area contributed by atoms with E-state index in [2.05, 4.69) is 5.10 Å². The van der Waals surface area contributed by atoms with Gasteiger partial charge in [-0.1, -0.05) is 24.3 Å². The molecule has 1 N–H and O–H groups in total. The number of nitrogens with zero attached hydrogens (tertiary/aromatic N) is 2. The summed E-state index contributed by atoms with van der Waals surface area (Å²) in [6, 6.07) is 13.4. The summed E-state index contributed by atoms with van der Waals surface area (Å²) in [6.45, 7) is 3.94. The van der Waals surface area contributed by atoms with Gasteiger partial charge < -0.3 is 9.84 Å². The zero-order valence-corrected chi connectivity index (χ0v) is 12.1. The van der Waals surface area contributed by atoms with Crippen molar-refractivity contribution < 1.29 is 9.84 Å². The molecule has 0 aliphatic heterocycles. The van der Waals surface area contributed by atoms with Crippen LogP contribution in [0.4, 0.5) is 0 Å². The molecule has 0 spiro atoms. The molecule has 0 bridgehead atoms. The number of hydrogen-bond acceptors (Lipinski definition) is 3. The van der Waals surface area contributed by atoms with Crippen molar-refractivity contribution in [2.75, 3.05) is 0 Å². The van der Waals surface area contributed by atoms with Gasteiger partial charge in [0.15, 0.2) is 0 Å². The molecule has 1 unspecified atom stereocenters. The third-order valence-electron chi connectivity index (χ3n) is 3.33. The summed E-state index contributed by atoms with van der Waals surface area (Å²) >= 11 is 0. The molecule has 1 aromatic carbocycles. The lowest BCUT2D eigenvalue weighted by molar-refractivity contribution is 0.199. The molecule has 4 heteroatoms. The summed E-state index contributed by atoms with van der Waals surface area (Å²) in [6.07, 6.45) is 2.86. The van der Waals surface area contributed by atoms with Gasteiger partial charge in [-0.15, -0.1) is 0 Å². The minimum absolute atomic E-state index is 0.0576. The lowest BCUT2D eigenvalue weighted by atomic mass is 10.0. The lowest BCUT2D eigenvalue weighted by Crippen LogP contribution is -2.09. The molecule has 108 valence electrons. The number of aliphatic hydroxyl groups excluding tert-OH is 1.